The van der Waals surface area contributed by atoms with Crippen LogP contribution in [0.2, 0.25) is 0 Å². The minimum Gasteiger partial charge on any atom is -0.493 e. The number of hydrogen-bond acceptors (Lipinski definition) is 7. The van der Waals surface area contributed by atoms with Crippen molar-refractivity contribution in [3.63, 3.8) is 0 Å². The summed E-state index contributed by atoms with van der Waals surface area (Å²) in [4.78, 5) is 0.698. The summed E-state index contributed by atoms with van der Waals surface area (Å²) >= 11 is 1.43. The van der Waals surface area contributed by atoms with E-state index in [4.69, 9.17) is 9.47 Å². The molecule has 0 fully saturated rings. The summed E-state index contributed by atoms with van der Waals surface area (Å²) in [7, 11) is 1.61. The molecule has 0 saturated carbocycles. The van der Waals surface area contributed by atoms with Crippen LogP contribution in [-0.4, -0.2) is 37.1 Å². The maximum Gasteiger partial charge on any atom is 0.235 e. The van der Waals surface area contributed by atoms with Crippen molar-refractivity contribution < 1.29 is 9.47 Å². The van der Waals surface area contributed by atoms with E-state index in [0.717, 1.165) is 10.7 Å². The molecule has 0 amide bonds. The van der Waals surface area contributed by atoms with Crippen LogP contribution < -0.4 is 9.47 Å². The van der Waals surface area contributed by atoms with E-state index < -0.39 is 0 Å². The van der Waals surface area contributed by atoms with E-state index >= 15 is 0 Å². The zero-order valence-corrected chi connectivity index (χ0v) is 13.9. The zero-order valence-electron chi connectivity index (χ0n) is 13.1. The quantitative estimate of drug-likeness (QED) is 0.599. The molecule has 0 aliphatic carbocycles. The van der Waals surface area contributed by atoms with Crippen molar-refractivity contribution in [3.8, 4) is 23.0 Å². The number of fused-ring (bicyclic) bond motifs is 1. The van der Waals surface area contributed by atoms with Crippen molar-refractivity contribution in [2.75, 3.05) is 7.11 Å². The van der Waals surface area contributed by atoms with E-state index in [9.17, 15) is 0 Å². The van der Waals surface area contributed by atoms with E-state index in [-0.39, 0.29) is 0 Å². The minimum absolute atomic E-state index is 0.327. The Labute approximate surface area is 141 Å². The molecule has 0 aliphatic rings. The highest BCUT2D eigenvalue weighted by atomic mass is 32.1. The zero-order chi connectivity index (χ0) is 16.5. The second-order valence-corrected chi connectivity index (χ2v) is 6.13. The monoisotopic (exact) mass is 342 g/mol. The number of methoxy groups -OCH3 is 1. The third kappa shape index (κ3) is 2.58. The lowest BCUT2D eigenvalue weighted by Gasteiger charge is -2.08. The van der Waals surface area contributed by atoms with Crippen LogP contribution in [0.25, 0.3) is 16.5 Å². The van der Waals surface area contributed by atoms with E-state index in [1.165, 1.54) is 11.3 Å². The van der Waals surface area contributed by atoms with Crippen LogP contribution in [-0.2, 0) is 6.61 Å². The lowest BCUT2D eigenvalue weighted by atomic mass is 10.3. The highest BCUT2D eigenvalue weighted by Gasteiger charge is 2.16. The Kier molecular flexibility index (Phi) is 3.62. The molecule has 3 aromatic heterocycles. The van der Waals surface area contributed by atoms with Gasteiger partial charge in [-0.25, -0.2) is 0 Å². The molecule has 0 aliphatic heterocycles. The molecule has 122 valence electrons. The Morgan fingerprint density at radius 1 is 1.21 bits per heavy atom. The van der Waals surface area contributed by atoms with Gasteiger partial charge >= 0.3 is 0 Å². The molecule has 9 heteroatoms. The average Bonchev–Trinajstić information content (AvgIpc) is 3.28. The summed E-state index contributed by atoms with van der Waals surface area (Å²) < 4.78 is 12.8. The molecule has 0 unspecified atom stereocenters. The van der Waals surface area contributed by atoms with Gasteiger partial charge in [0.15, 0.2) is 16.5 Å². The SMILES string of the molecule is COc1ccccc1OCc1nn2c(-c3cc(C)[nH]n3)nnc2s1. The standard InChI is InChI=1S/C15H14N6O2S/c1-9-7-10(17-16-9)14-18-19-15-21(14)20-13(24-15)8-23-12-6-4-3-5-11(12)22-2/h3-7H,8H2,1-2H3,(H,16,17). The Bertz CT molecular complexity index is 989. The molecule has 4 aromatic rings. The fourth-order valence-electron chi connectivity index (χ4n) is 2.28. The summed E-state index contributed by atoms with van der Waals surface area (Å²) in [6.07, 6.45) is 0. The predicted molar refractivity (Wildman–Crippen MR) is 88.3 cm³/mol. The lowest BCUT2D eigenvalue weighted by Crippen LogP contribution is -1.99. The maximum atomic E-state index is 5.80. The summed E-state index contributed by atoms with van der Waals surface area (Å²) in [6.45, 7) is 2.26. The molecule has 4 rings (SSSR count). The molecule has 0 spiro atoms. The van der Waals surface area contributed by atoms with Gasteiger partial charge in [0, 0.05) is 5.69 Å². The number of ether oxygens (including phenoxy) is 2. The predicted octanol–water partition coefficient (Wildman–Crippen LogP) is 2.47. The second-order valence-electron chi connectivity index (χ2n) is 5.09. The summed E-state index contributed by atoms with van der Waals surface area (Å²) in [5.41, 5.74) is 1.67. The summed E-state index contributed by atoms with van der Waals surface area (Å²) in [5, 5.41) is 20.7. The topological polar surface area (TPSA) is 90.2 Å². The first-order valence-electron chi connectivity index (χ1n) is 7.24. The van der Waals surface area contributed by atoms with Crippen molar-refractivity contribution in [1.29, 1.82) is 0 Å². The molecule has 0 saturated heterocycles. The van der Waals surface area contributed by atoms with Crippen molar-refractivity contribution in [1.82, 2.24) is 30.0 Å². The molecule has 1 N–H and O–H groups in total. The first-order valence-corrected chi connectivity index (χ1v) is 8.05. The van der Waals surface area contributed by atoms with Crippen molar-refractivity contribution in [3.05, 3.63) is 41.0 Å². The van der Waals surface area contributed by atoms with Crippen molar-refractivity contribution in [2.24, 2.45) is 0 Å². The van der Waals surface area contributed by atoms with E-state index in [1.54, 1.807) is 11.6 Å². The highest BCUT2D eigenvalue weighted by Crippen LogP contribution is 2.27. The third-order valence-electron chi connectivity index (χ3n) is 3.39. The highest BCUT2D eigenvalue weighted by molar-refractivity contribution is 7.16. The first-order chi connectivity index (χ1) is 11.7. The number of aryl methyl sites for hydroxylation is 1. The van der Waals surface area contributed by atoms with Crippen LogP contribution in [0.5, 0.6) is 11.5 Å². The largest absolute Gasteiger partial charge is 0.493 e. The Hall–Kier alpha value is -2.94. The van der Waals surface area contributed by atoms with Gasteiger partial charge < -0.3 is 9.47 Å². The molecule has 24 heavy (non-hydrogen) atoms. The normalized spacial score (nSPS) is 11.1. The fourth-order valence-corrected chi connectivity index (χ4v) is 3.03. The molecule has 3 heterocycles. The lowest BCUT2D eigenvalue weighted by molar-refractivity contribution is 0.283. The van der Waals surface area contributed by atoms with Gasteiger partial charge in [-0.3, -0.25) is 5.10 Å². The van der Waals surface area contributed by atoms with Gasteiger partial charge in [0.2, 0.25) is 10.8 Å². The number of nitrogens with one attached hydrogen (secondary N) is 1. The van der Waals surface area contributed by atoms with Gasteiger partial charge in [0.25, 0.3) is 0 Å². The number of aromatic amines is 1. The number of H-pyrrole nitrogens is 1. The molecule has 8 nitrogen and oxygen atoms in total. The molecular weight excluding hydrogens is 328 g/mol. The molecule has 0 radical (unpaired) electrons. The van der Waals surface area contributed by atoms with Gasteiger partial charge in [-0.05, 0) is 25.1 Å². The van der Waals surface area contributed by atoms with E-state index in [0.29, 0.717) is 34.6 Å². The fraction of sp³-hybridized carbons (Fsp3) is 0.200. The van der Waals surface area contributed by atoms with Gasteiger partial charge in [-0.1, -0.05) is 23.5 Å². The number of hydrogen-bond donors (Lipinski definition) is 1. The number of rotatable bonds is 5. The number of para-hydroxylation sites is 2. The van der Waals surface area contributed by atoms with E-state index in [2.05, 4.69) is 25.5 Å². The number of aromatic nitrogens is 6. The van der Waals surface area contributed by atoms with Crippen LogP contribution in [0, 0.1) is 6.92 Å². The third-order valence-corrected chi connectivity index (χ3v) is 4.26. The van der Waals surface area contributed by atoms with Gasteiger partial charge in [0.05, 0.1) is 7.11 Å². The first kappa shape index (κ1) is 14.6. The van der Waals surface area contributed by atoms with Crippen LogP contribution >= 0.6 is 11.3 Å². The molecular formula is C15H14N6O2S. The Morgan fingerprint density at radius 3 is 2.79 bits per heavy atom. The van der Waals surface area contributed by atoms with E-state index in [1.807, 2.05) is 37.3 Å². The van der Waals surface area contributed by atoms with Crippen LogP contribution in [0.1, 0.15) is 10.7 Å². The summed E-state index contributed by atoms with van der Waals surface area (Å²) in [6, 6.07) is 9.41. The van der Waals surface area contributed by atoms with Crippen LogP contribution in [0.4, 0.5) is 0 Å². The van der Waals surface area contributed by atoms with Crippen molar-refractivity contribution >= 4 is 16.3 Å². The number of benzene rings is 1. The molecule has 0 bridgehead atoms. The Morgan fingerprint density at radius 2 is 2.04 bits per heavy atom. The van der Waals surface area contributed by atoms with Gasteiger partial charge in [-0.15, -0.1) is 10.2 Å². The minimum atomic E-state index is 0.327. The van der Waals surface area contributed by atoms with Crippen LogP contribution in [0.3, 0.4) is 0 Å². The number of nitrogens with zero attached hydrogens (tertiary/aromatic N) is 5. The Balaban J connectivity index is 1.59. The van der Waals surface area contributed by atoms with Gasteiger partial charge in [-0.2, -0.15) is 14.7 Å². The smallest absolute Gasteiger partial charge is 0.235 e. The van der Waals surface area contributed by atoms with Gasteiger partial charge in [0.1, 0.15) is 12.3 Å². The van der Waals surface area contributed by atoms with Crippen LogP contribution in [0.15, 0.2) is 30.3 Å². The molecule has 1 aromatic carbocycles. The second kappa shape index (κ2) is 5.93. The average molecular weight is 342 g/mol. The molecule has 0 atom stereocenters. The van der Waals surface area contributed by atoms with Crippen molar-refractivity contribution in [2.45, 2.75) is 13.5 Å². The maximum absolute atomic E-state index is 5.80. The summed E-state index contributed by atoms with van der Waals surface area (Å²) in [5.74, 6) is 1.97.